The molecule has 21 heavy (non-hydrogen) atoms. The number of carbonyl (C=O) groups excluding carboxylic acids is 1. The minimum atomic E-state index is -0.516. The lowest BCUT2D eigenvalue weighted by molar-refractivity contribution is 0.0969. The number of Topliss-reactive ketones (excluding diaryl/α,β-unsaturated/α-hetero) is 1. The second kappa shape index (κ2) is 6.60. The number of aromatic nitrogens is 2. The third-order valence-electron chi connectivity index (χ3n) is 2.86. The van der Waals surface area contributed by atoms with Gasteiger partial charge in [0.2, 0.25) is 0 Å². The van der Waals surface area contributed by atoms with Crippen LogP contribution >= 0.6 is 34.5 Å². The fraction of sp³-hybridized carbons (Fsp3) is 0.308. The number of rotatable bonds is 5. The highest BCUT2D eigenvalue weighted by molar-refractivity contribution is 7.20. The standard InChI is InChI=1S/C13H12Cl2N2O3S/c1-2-4-16-5-3-11(19)17(13(16)20)7-9(18)8-6-10(14)21-12(8)15/h3,5-6H,2,4,7H2,1H3. The van der Waals surface area contributed by atoms with Gasteiger partial charge in [-0.15, -0.1) is 11.3 Å². The van der Waals surface area contributed by atoms with Crippen LogP contribution in [0.15, 0.2) is 27.9 Å². The summed E-state index contributed by atoms with van der Waals surface area (Å²) in [5.41, 5.74) is -0.794. The van der Waals surface area contributed by atoms with Gasteiger partial charge in [0.15, 0.2) is 5.78 Å². The second-order valence-electron chi connectivity index (χ2n) is 4.38. The summed E-state index contributed by atoms with van der Waals surface area (Å²) in [4.78, 5) is 36.1. The molecule has 0 bridgehead atoms. The Bertz CT molecular complexity index is 791. The molecule has 0 saturated carbocycles. The van der Waals surface area contributed by atoms with E-state index in [1.807, 2.05) is 6.92 Å². The zero-order chi connectivity index (χ0) is 15.6. The maximum absolute atomic E-state index is 12.2. The van der Waals surface area contributed by atoms with E-state index in [1.54, 1.807) is 0 Å². The fourth-order valence-corrected chi connectivity index (χ4v) is 3.37. The van der Waals surface area contributed by atoms with Gasteiger partial charge in [-0.1, -0.05) is 30.1 Å². The minimum absolute atomic E-state index is 0.226. The van der Waals surface area contributed by atoms with Gasteiger partial charge in [0, 0.05) is 18.8 Å². The van der Waals surface area contributed by atoms with Crippen molar-refractivity contribution in [2.45, 2.75) is 26.4 Å². The molecule has 0 radical (unpaired) electrons. The molecule has 0 atom stereocenters. The van der Waals surface area contributed by atoms with Crippen molar-refractivity contribution in [3.63, 3.8) is 0 Å². The van der Waals surface area contributed by atoms with Crippen molar-refractivity contribution in [1.29, 1.82) is 0 Å². The first kappa shape index (κ1) is 16.0. The summed E-state index contributed by atoms with van der Waals surface area (Å²) in [5.74, 6) is -0.420. The normalized spacial score (nSPS) is 10.8. The van der Waals surface area contributed by atoms with Crippen molar-refractivity contribution in [3.05, 3.63) is 53.4 Å². The van der Waals surface area contributed by atoms with Crippen molar-refractivity contribution < 1.29 is 4.79 Å². The van der Waals surface area contributed by atoms with Crippen LogP contribution in [0.25, 0.3) is 0 Å². The van der Waals surface area contributed by atoms with Gasteiger partial charge in [-0.2, -0.15) is 0 Å². The van der Waals surface area contributed by atoms with Gasteiger partial charge in [0.25, 0.3) is 5.56 Å². The van der Waals surface area contributed by atoms with E-state index in [-0.39, 0.29) is 16.4 Å². The van der Waals surface area contributed by atoms with Crippen molar-refractivity contribution in [2.75, 3.05) is 0 Å². The van der Waals surface area contributed by atoms with Crippen LogP contribution in [0.1, 0.15) is 23.7 Å². The van der Waals surface area contributed by atoms with Gasteiger partial charge < -0.3 is 4.57 Å². The Hall–Kier alpha value is -1.37. The molecule has 0 N–H and O–H groups in total. The van der Waals surface area contributed by atoms with E-state index < -0.39 is 17.0 Å². The van der Waals surface area contributed by atoms with Crippen LogP contribution in [0, 0.1) is 0 Å². The van der Waals surface area contributed by atoms with Crippen molar-refractivity contribution in [2.24, 2.45) is 0 Å². The molecule has 0 unspecified atom stereocenters. The zero-order valence-corrected chi connectivity index (χ0v) is 13.5. The molecule has 112 valence electrons. The van der Waals surface area contributed by atoms with Crippen molar-refractivity contribution >= 4 is 40.3 Å². The number of hydrogen-bond donors (Lipinski definition) is 0. The Kier molecular flexibility index (Phi) is 5.03. The van der Waals surface area contributed by atoms with Gasteiger partial charge in [-0.3, -0.25) is 14.2 Å². The molecule has 0 aromatic carbocycles. The van der Waals surface area contributed by atoms with E-state index >= 15 is 0 Å². The molecule has 5 nitrogen and oxygen atoms in total. The number of thiophene rings is 1. The quantitative estimate of drug-likeness (QED) is 0.782. The highest BCUT2D eigenvalue weighted by atomic mass is 35.5. The van der Waals surface area contributed by atoms with Gasteiger partial charge in [-0.05, 0) is 12.5 Å². The first-order chi connectivity index (χ1) is 9.93. The van der Waals surface area contributed by atoms with Gasteiger partial charge in [0.05, 0.1) is 16.4 Å². The second-order valence-corrected chi connectivity index (χ2v) is 6.66. The Morgan fingerprint density at radius 2 is 2.05 bits per heavy atom. The molecule has 0 amide bonds. The van der Waals surface area contributed by atoms with Crippen molar-refractivity contribution in [3.8, 4) is 0 Å². The molecule has 8 heteroatoms. The molecule has 0 spiro atoms. The number of ketones is 1. The van der Waals surface area contributed by atoms with Crippen molar-refractivity contribution in [1.82, 2.24) is 9.13 Å². The minimum Gasteiger partial charge on any atom is -0.300 e. The Morgan fingerprint density at radius 3 is 2.62 bits per heavy atom. The molecule has 0 aliphatic rings. The summed E-state index contributed by atoms with van der Waals surface area (Å²) >= 11 is 12.8. The summed E-state index contributed by atoms with van der Waals surface area (Å²) in [6.45, 7) is 2.05. The Balaban J connectivity index is 2.37. The first-order valence-corrected chi connectivity index (χ1v) is 7.79. The summed E-state index contributed by atoms with van der Waals surface area (Å²) in [6, 6.07) is 2.71. The van der Waals surface area contributed by atoms with E-state index in [1.165, 1.54) is 22.9 Å². The first-order valence-electron chi connectivity index (χ1n) is 6.22. The molecule has 2 heterocycles. The third-order valence-corrected chi connectivity index (χ3v) is 4.35. The molecule has 0 saturated heterocycles. The number of carbonyl (C=O) groups is 1. The highest BCUT2D eigenvalue weighted by Gasteiger charge is 2.17. The lowest BCUT2D eigenvalue weighted by Gasteiger charge is -2.08. The molecule has 0 aliphatic carbocycles. The molecule has 0 aliphatic heterocycles. The maximum Gasteiger partial charge on any atom is 0.331 e. The lowest BCUT2D eigenvalue weighted by atomic mass is 10.2. The predicted octanol–water partition coefficient (Wildman–Crippen LogP) is 2.67. The topological polar surface area (TPSA) is 61.1 Å². The molecular formula is C13H12Cl2N2O3S. The summed E-state index contributed by atoms with van der Waals surface area (Å²) in [5, 5.41) is 0. The number of halogens is 2. The highest BCUT2D eigenvalue weighted by Crippen LogP contribution is 2.31. The number of nitrogens with zero attached hydrogens (tertiary/aromatic N) is 2. The lowest BCUT2D eigenvalue weighted by Crippen LogP contribution is -2.40. The Morgan fingerprint density at radius 1 is 1.33 bits per heavy atom. The SMILES string of the molecule is CCCn1ccc(=O)n(CC(=O)c2cc(Cl)sc2Cl)c1=O. The molecule has 2 aromatic rings. The van der Waals surface area contributed by atoms with Crippen LogP contribution < -0.4 is 11.2 Å². The average molecular weight is 347 g/mol. The van der Waals surface area contributed by atoms with E-state index in [2.05, 4.69) is 0 Å². The van der Waals surface area contributed by atoms with Crippen LogP contribution in [-0.4, -0.2) is 14.9 Å². The smallest absolute Gasteiger partial charge is 0.300 e. The van der Waals surface area contributed by atoms with E-state index in [4.69, 9.17) is 23.2 Å². The summed E-state index contributed by atoms with van der Waals surface area (Å²) < 4.78 is 2.94. The van der Waals surface area contributed by atoms with Gasteiger partial charge >= 0.3 is 5.69 Å². The summed E-state index contributed by atoms with van der Waals surface area (Å²) in [6.07, 6.45) is 2.18. The maximum atomic E-state index is 12.2. The zero-order valence-electron chi connectivity index (χ0n) is 11.1. The number of aryl methyl sites for hydroxylation is 1. The fourth-order valence-electron chi connectivity index (χ4n) is 1.87. The van der Waals surface area contributed by atoms with Crippen LogP contribution in [0.5, 0.6) is 0 Å². The monoisotopic (exact) mass is 346 g/mol. The third kappa shape index (κ3) is 3.45. The average Bonchev–Trinajstić information content (AvgIpc) is 2.77. The summed E-state index contributed by atoms with van der Waals surface area (Å²) in [7, 11) is 0. The van der Waals surface area contributed by atoms with Gasteiger partial charge in [-0.25, -0.2) is 4.79 Å². The molecule has 2 aromatic heterocycles. The molecule has 0 fully saturated rings. The number of hydrogen-bond acceptors (Lipinski definition) is 4. The Labute approximate surface area is 134 Å². The van der Waals surface area contributed by atoms with Crippen LogP contribution in [-0.2, 0) is 13.1 Å². The van der Waals surface area contributed by atoms with Crippen LogP contribution in [0.4, 0.5) is 0 Å². The molecule has 2 rings (SSSR count). The van der Waals surface area contributed by atoms with Crippen LogP contribution in [0.2, 0.25) is 8.67 Å². The van der Waals surface area contributed by atoms with E-state index in [0.29, 0.717) is 10.9 Å². The van der Waals surface area contributed by atoms with Crippen LogP contribution in [0.3, 0.4) is 0 Å². The molecular weight excluding hydrogens is 335 g/mol. The van der Waals surface area contributed by atoms with E-state index in [9.17, 15) is 14.4 Å². The van der Waals surface area contributed by atoms with E-state index in [0.717, 1.165) is 22.3 Å². The van der Waals surface area contributed by atoms with Gasteiger partial charge in [0.1, 0.15) is 4.34 Å². The largest absolute Gasteiger partial charge is 0.331 e. The predicted molar refractivity (Wildman–Crippen MR) is 83.9 cm³/mol.